The van der Waals surface area contributed by atoms with Crippen LogP contribution in [0.2, 0.25) is 12.1 Å². The Bertz CT molecular complexity index is 686. The van der Waals surface area contributed by atoms with Crippen molar-refractivity contribution in [3.63, 3.8) is 0 Å². The lowest BCUT2D eigenvalue weighted by Gasteiger charge is -2.18. The summed E-state index contributed by atoms with van der Waals surface area (Å²) < 4.78 is 23.8. The maximum absolute atomic E-state index is 5.99. The van der Waals surface area contributed by atoms with Gasteiger partial charge in [-0.05, 0) is 37.1 Å². The molecule has 0 aromatic heterocycles. The van der Waals surface area contributed by atoms with E-state index >= 15 is 0 Å². The van der Waals surface area contributed by atoms with Crippen LogP contribution in [0.15, 0.2) is 61.2 Å². The van der Waals surface area contributed by atoms with Crippen LogP contribution in [-0.4, -0.2) is 14.2 Å². The van der Waals surface area contributed by atoms with Crippen LogP contribution in [0.25, 0.3) is 0 Å². The summed E-state index contributed by atoms with van der Waals surface area (Å²) in [5, 5.41) is 0. The van der Waals surface area contributed by atoms with Gasteiger partial charge < -0.3 is 18.6 Å². The summed E-state index contributed by atoms with van der Waals surface area (Å²) in [6.07, 6.45) is 4.41. The van der Waals surface area contributed by atoms with Gasteiger partial charge >= 0.3 is 14.2 Å². The zero-order valence-corrected chi connectivity index (χ0v) is 13.4. The SMILES string of the molecule is C=CCCC(CB1Oc2ccccc2O1)B1Oc2ccccc2O1. The fraction of sp³-hybridized carbons (Fsp3) is 0.222. The number of allylic oxidation sites excluding steroid dienone is 1. The minimum Gasteiger partial charge on any atom is -0.523 e. The van der Waals surface area contributed by atoms with Crippen LogP contribution in [-0.2, 0) is 0 Å². The highest BCUT2D eigenvalue weighted by Crippen LogP contribution is 2.41. The van der Waals surface area contributed by atoms with Gasteiger partial charge in [0.2, 0.25) is 0 Å². The van der Waals surface area contributed by atoms with Crippen molar-refractivity contribution in [2.75, 3.05) is 0 Å². The number of hydrogen-bond acceptors (Lipinski definition) is 4. The van der Waals surface area contributed by atoms with E-state index in [0.29, 0.717) is 6.32 Å². The summed E-state index contributed by atoms with van der Waals surface area (Å²) in [4.78, 5) is 0. The van der Waals surface area contributed by atoms with E-state index in [9.17, 15) is 0 Å². The van der Waals surface area contributed by atoms with Crippen molar-refractivity contribution in [3.8, 4) is 23.0 Å². The highest BCUT2D eigenvalue weighted by atomic mass is 16.6. The van der Waals surface area contributed by atoms with E-state index in [1.54, 1.807) is 0 Å². The third-order valence-electron chi connectivity index (χ3n) is 4.32. The molecule has 0 aliphatic carbocycles. The molecule has 1 atom stereocenters. The molecule has 1 unspecified atom stereocenters. The van der Waals surface area contributed by atoms with Gasteiger partial charge in [-0.3, -0.25) is 0 Å². The molecule has 2 aromatic rings. The molecule has 2 aliphatic heterocycles. The van der Waals surface area contributed by atoms with E-state index in [0.717, 1.165) is 35.8 Å². The van der Waals surface area contributed by atoms with Gasteiger partial charge in [0.25, 0.3) is 0 Å². The van der Waals surface area contributed by atoms with Crippen LogP contribution < -0.4 is 18.6 Å². The predicted molar refractivity (Wildman–Crippen MR) is 94.9 cm³/mol. The Hall–Kier alpha value is -2.49. The second-order valence-corrected chi connectivity index (χ2v) is 6.02. The summed E-state index contributed by atoms with van der Waals surface area (Å²) in [5.74, 6) is 3.32. The molecule has 2 aromatic carbocycles. The quantitative estimate of drug-likeness (QED) is 0.589. The standard InChI is InChI=1S/C18H18B2O4/c1-2-3-8-14(20-23-17-11-6-7-12-18(17)24-20)13-19-21-15-9-4-5-10-16(15)22-19/h2,4-7,9-12,14H,1,3,8,13H2. The summed E-state index contributed by atoms with van der Waals surface area (Å²) in [7, 11) is -0.633. The minimum absolute atomic E-state index is 0.148. The molecular formula is C18H18B2O4. The molecule has 0 amide bonds. The van der Waals surface area contributed by atoms with Crippen LogP contribution >= 0.6 is 0 Å². The van der Waals surface area contributed by atoms with Gasteiger partial charge in [0.1, 0.15) is 23.0 Å². The van der Waals surface area contributed by atoms with Crippen LogP contribution in [0, 0.1) is 0 Å². The molecule has 0 spiro atoms. The second kappa shape index (κ2) is 6.56. The van der Waals surface area contributed by atoms with Crippen molar-refractivity contribution >= 4 is 14.2 Å². The Labute approximate surface area is 142 Å². The third kappa shape index (κ3) is 2.96. The van der Waals surface area contributed by atoms with E-state index in [4.69, 9.17) is 18.6 Å². The summed E-state index contributed by atoms with van der Waals surface area (Å²) >= 11 is 0. The summed E-state index contributed by atoms with van der Waals surface area (Å²) in [6.45, 7) is 3.82. The van der Waals surface area contributed by atoms with Gasteiger partial charge in [0.05, 0.1) is 0 Å². The van der Waals surface area contributed by atoms with Crippen molar-refractivity contribution < 1.29 is 18.6 Å². The molecule has 120 valence electrons. The smallest absolute Gasteiger partial charge is 0.523 e. The van der Waals surface area contributed by atoms with E-state index in [-0.39, 0.29) is 20.1 Å². The van der Waals surface area contributed by atoms with E-state index in [1.807, 2.05) is 54.6 Å². The summed E-state index contributed by atoms with van der Waals surface area (Å²) in [5.41, 5.74) is 0. The average Bonchev–Trinajstić information content (AvgIpc) is 3.21. The van der Waals surface area contributed by atoms with Gasteiger partial charge in [0, 0.05) is 12.1 Å². The molecule has 24 heavy (non-hydrogen) atoms. The number of fused-ring (bicyclic) bond motifs is 2. The zero-order valence-electron chi connectivity index (χ0n) is 13.4. The van der Waals surface area contributed by atoms with Crippen LogP contribution in [0.4, 0.5) is 0 Å². The number of para-hydroxylation sites is 4. The first-order chi connectivity index (χ1) is 11.8. The lowest BCUT2D eigenvalue weighted by Crippen LogP contribution is -2.36. The Morgan fingerprint density at radius 1 is 0.833 bits per heavy atom. The van der Waals surface area contributed by atoms with Crippen molar-refractivity contribution in [3.05, 3.63) is 61.2 Å². The highest BCUT2D eigenvalue weighted by molar-refractivity contribution is 6.55. The van der Waals surface area contributed by atoms with Crippen molar-refractivity contribution in [1.82, 2.24) is 0 Å². The maximum atomic E-state index is 5.99. The molecule has 4 rings (SSSR count). The Kier molecular flexibility index (Phi) is 4.11. The lowest BCUT2D eigenvalue weighted by molar-refractivity contribution is 0.447. The van der Waals surface area contributed by atoms with Gasteiger partial charge in [-0.1, -0.05) is 30.3 Å². The van der Waals surface area contributed by atoms with Gasteiger partial charge in [-0.25, -0.2) is 0 Å². The van der Waals surface area contributed by atoms with Crippen molar-refractivity contribution in [1.29, 1.82) is 0 Å². The number of rotatable bonds is 6. The van der Waals surface area contributed by atoms with Gasteiger partial charge in [0.15, 0.2) is 0 Å². The molecule has 0 saturated heterocycles. The van der Waals surface area contributed by atoms with E-state index in [1.165, 1.54) is 0 Å². The summed E-state index contributed by atoms with van der Waals surface area (Å²) in [6, 6.07) is 15.5. The Morgan fingerprint density at radius 2 is 1.33 bits per heavy atom. The van der Waals surface area contributed by atoms with E-state index in [2.05, 4.69) is 6.58 Å². The molecule has 0 fully saturated rings. The Balaban J connectivity index is 1.45. The first kappa shape index (κ1) is 15.1. The van der Waals surface area contributed by atoms with Crippen molar-refractivity contribution in [2.45, 2.75) is 25.0 Å². The normalized spacial score (nSPS) is 15.5. The number of benzene rings is 2. The molecular weight excluding hydrogens is 302 g/mol. The minimum atomic E-state index is -0.321. The fourth-order valence-corrected chi connectivity index (χ4v) is 3.10. The Morgan fingerprint density at radius 3 is 1.83 bits per heavy atom. The second-order valence-electron chi connectivity index (χ2n) is 6.02. The molecule has 6 heteroatoms. The predicted octanol–water partition coefficient (Wildman–Crippen LogP) is 4.24. The number of hydrogen-bond donors (Lipinski definition) is 0. The highest BCUT2D eigenvalue weighted by Gasteiger charge is 2.45. The first-order valence-corrected chi connectivity index (χ1v) is 8.29. The molecule has 0 bridgehead atoms. The van der Waals surface area contributed by atoms with Crippen LogP contribution in [0.1, 0.15) is 12.8 Å². The molecule has 0 N–H and O–H groups in total. The molecule has 2 aliphatic rings. The molecule has 0 saturated carbocycles. The van der Waals surface area contributed by atoms with Crippen molar-refractivity contribution in [2.24, 2.45) is 0 Å². The van der Waals surface area contributed by atoms with Gasteiger partial charge in [-0.15, -0.1) is 6.58 Å². The maximum Gasteiger partial charge on any atom is 0.597 e. The fourth-order valence-electron chi connectivity index (χ4n) is 3.10. The third-order valence-corrected chi connectivity index (χ3v) is 4.32. The lowest BCUT2D eigenvalue weighted by atomic mass is 9.59. The zero-order chi connectivity index (χ0) is 16.4. The molecule has 0 radical (unpaired) electrons. The molecule has 4 nitrogen and oxygen atoms in total. The van der Waals surface area contributed by atoms with Crippen LogP contribution in [0.3, 0.4) is 0 Å². The van der Waals surface area contributed by atoms with Crippen LogP contribution in [0.5, 0.6) is 23.0 Å². The van der Waals surface area contributed by atoms with Gasteiger partial charge in [-0.2, -0.15) is 0 Å². The average molecular weight is 320 g/mol. The topological polar surface area (TPSA) is 36.9 Å². The van der Waals surface area contributed by atoms with E-state index < -0.39 is 0 Å². The first-order valence-electron chi connectivity index (χ1n) is 8.29. The largest absolute Gasteiger partial charge is 0.597 e. The molecule has 2 heterocycles. The monoisotopic (exact) mass is 320 g/mol.